The Balaban J connectivity index is 2.42. The first-order valence-corrected chi connectivity index (χ1v) is 7.82. The Labute approximate surface area is 133 Å². The van der Waals surface area contributed by atoms with Gasteiger partial charge in [0.25, 0.3) is 5.56 Å². The minimum absolute atomic E-state index is 0.397. The van der Waals surface area contributed by atoms with Crippen molar-refractivity contribution in [1.29, 1.82) is 0 Å². The molecule has 0 amide bonds. The zero-order valence-electron chi connectivity index (χ0n) is 10.9. The zero-order valence-corrected chi connectivity index (χ0v) is 13.2. The van der Waals surface area contributed by atoms with Gasteiger partial charge in [0.15, 0.2) is 0 Å². The van der Waals surface area contributed by atoms with Crippen molar-refractivity contribution in [2.75, 3.05) is 0 Å². The molecule has 4 nitrogen and oxygen atoms in total. The van der Waals surface area contributed by atoms with Crippen molar-refractivity contribution < 1.29 is 0 Å². The highest BCUT2D eigenvalue weighted by molar-refractivity contribution is 7.19. The Morgan fingerprint density at radius 1 is 1.14 bits per heavy atom. The number of thiophene rings is 1. The molecule has 3 aromatic rings. The van der Waals surface area contributed by atoms with Crippen molar-refractivity contribution in [3.05, 3.63) is 54.0 Å². The van der Waals surface area contributed by atoms with Crippen LogP contribution in [0.3, 0.4) is 0 Å². The van der Waals surface area contributed by atoms with E-state index < -0.39 is 11.2 Å². The molecule has 0 radical (unpaired) electrons. The van der Waals surface area contributed by atoms with E-state index in [1.165, 1.54) is 11.3 Å². The average Bonchev–Trinajstić information content (AvgIpc) is 2.80. The Hall–Kier alpha value is -1.56. The number of aryl methyl sites for hydroxylation is 1. The summed E-state index contributed by atoms with van der Waals surface area (Å²) in [5.74, 6) is 0. The second-order valence-corrected chi connectivity index (χ2v) is 6.41. The average molecular weight is 341 g/mol. The quantitative estimate of drug-likeness (QED) is 0.744. The van der Waals surface area contributed by atoms with Crippen LogP contribution in [0.2, 0.25) is 10.0 Å². The Bertz CT molecular complexity index is 956. The molecule has 0 aliphatic heterocycles. The van der Waals surface area contributed by atoms with Gasteiger partial charge in [-0.05, 0) is 24.1 Å². The molecule has 2 heterocycles. The maximum Gasteiger partial charge on any atom is 0.326 e. The number of H-pyrrole nitrogens is 2. The largest absolute Gasteiger partial charge is 0.326 e. The topological polar surface area (TPSA) is 65.7 Å². The highest BCUT2D eigenvalue weighted by Crippen LogP contribution is 2.38. The molecular weight excluding hydrogens is 331 g/mol. The number of halogens is 2. The number of aromatic amines is 2. The standard InChI is InChI=1S/C14H10Cl2N2O2S/c1-2-9-10(6-3-4-7(15)8(16)5-6)11-12(19)17-14(20)18-13(11)21-9/h3-5H,2H2,1H3,(H2,17,18,19,20). The Morgan fingerprint density at radius 3 is 2.57 bits per heavy atom. The van der Waals surface area contributed by atoms with Gasteiger partial charge in [0, 0.05) is 10.4 Å². The molecule has 108 valence electrons. The maximum absolute atomic E-state index is 12.1. The van der Waals surface area contributed by atoms with Gasteiger partial charge in [-0.3, -0.25) is 14.8 Å². The third-order valence-corrected chi connectivity index (χ3v) is 5.18. The van der Waals surface area contributed by atoms with E-state index in [9.17, 15) is 9.59 Å². The molecule has 1 aromatic carbocycles. The first-order chi connectivity index (χ1) is 10.0. The summed E-state index contributed by atoms with van der Waals surface area (Å²) in [5, 5.41) is 1.37. The summed E-state index contributed by atoms with van der Waals surface area (Å²) in [5.41, 5.74) is 0.710. The number of hydrogen-bond donors (Lipinski definition) is 2. The van der Waals surface area contributed by atoms with E-state index in [2.05, 4.69) is 9.97 Å². The number of hydrogen-bond acceptors (Lipinski definition) is 3. The fraction of sp³-hybridized carbons (Fsp3) is 0.143. The fourth-order valence-electron chi connectivity index (χ4n) is 2.29. The molecular formula is C14H10Cl2N2O2S. The molecule has 2 aromatic heterocycles. The smallest absolute Gasteiger partial charge is 0.298 e. The highest BCUT2D eigenvalue weighted by atomic mass is 35.5. The molecule has 7 heteroatoms. The molecule has 0 fully saturated rings. The van der Waals surface area contributed by atoms with Crippen LogP contribution in [0.5, 0.6) is 0 Å². The SMILES string of the molecule is CCc1sc2[nH]c(=O)[nH]c(=O)c2c1-c1ccc(Cl)c(Cl)c1. The minimum atomic E-state index is -0.503. The van der Waals surface area contributed by atoms with Crippen molar-refractivity contribution >= 4 is 44.8 Å². The van der Waals surface area contributed by atoms with Gasteiger partial charge >= 0.3 is 5.69 Å². The molecule has 2 N–H and O–H groups in total. The van der Waals surface area contributed by atoms with E-state index in [0.717, 1.165) is 22.4 Å². The highest BCUT2D eigenvalue weighted by Gasteiger charge is 2.17. The van der Waals surface area contributed by atoms with Gasteiger partial charge in [-0.1, -0.05) is 36.2 Å². The van der Waals surface area contributed by atoms with Gasteiger partial charge < -0.3 is 0 Å². The number of nitrogens with one attached hydrogen (secondary N) is 2. The molecule has 0 unspecified atom stereocenters. The molecule has 0 aliphatic carbocycles. The molecule has 0 bridgehead atoms. The van der Waals surface area contributed by atoms with Crippen LogP contribution in [0.4, 0.5) is 0 Å². The van der Waals surface area contributed by atoms with Crippen LogP contribution in [0.15, 0.2) is 27.8 Å². The summed E-state index contributed by atoms with van der Waals surface area (Å²) in [6.45, 7) is 2.00. The Kier molecular flexibility index (Phi) is 3.65. The summed E-state index contributed by atoms with van der Waals surface area (Å²) in [7, 11) is 0. The van der Waals surface area contributed by atoms with Gasteiger partial charge in [0.2, 0.25) is 0 Å². The monoisotopic (exact) mass is 340 g/mol. The van der Waals surface area contributed by atoms with Crippen LogP contribution >= 0.6 is 34.5 Å². The second kappa shape index (κ2) is 5.33. The zero-order chi connectivity index (χ0) is 15.1. The predicted octanol–water partition coefficient (Wildman–Crippen LogP) is 3.81. The van der Waals surface area contributed by atoms with Gasteiger partial charge in [0.1, 0.15) is 4.83 Å². The first-order valence-electron chi connectivity index (χ1n) is 6.24. The van der Waals surface area contributed by atoms with Gasteiger partial charge in [-0.15, -0.1) is 11.3 Å². The third kappa shape index (κ3) is 2.41. The molecule has 0 saturated heterocycles. The molecule has 0 aliphatic rings. The van der Waals surface area contributed by atoms with E-state index >= 15 is 0 Å². The number of rotatable bonds is 2. The first kappa shape index (κ1) is 14.4. The van der Waals surface area contributed by atoms with Crippen molar-refractivity contribution in [3.8, 4) is 11.1 Å². The lowest BCUT2D eigenvalue weighted by Crippen LogP contribution is -2.21. The van der Waals surface area contributed by atoms with E-state index in [0.29, 0.717) is 20.3 Å². The number of benzene rings is 1. The van der Waals surface area contributed by atoms with Gasteiger partial charge in [0.05, 0.1) is 15.4 Å². The summed E-state index contributed by atoms with van der Waals surface area (Å²) in [6.07, 6.45) is 0.746. The van der Waals surface area contributed by atoms with E-state index in [-0.39, 0.29) is 0 Å². The van der Waals surface area contributed by atoms with Crippen LogP contribution in [0, 0.1) is 0 Å². The lowest BCUT2D eigenvalue weighted by Gasteiger charge is -2.04. The van der Waals surface area contributed by atoms with Crippen LogP contribution < -0.4 is 11.2 Å². The summed E-state index contributed by atoms with van der Waals surface area (Å²) < 4.78 is 0. The van der Waals surface area contributed by atoms with Crippen molar-refractivity contribution in [2.24, 2.45) is 0 Å². The number of aromatic nitrogens is 2. The van der Waals surface area contributed by atoms with Crippen LogP contribution in [0.1, 0.15) is 11.8 Å². The molecule has 21 heavy (non-hydrogen) atoms. The van der Waals surface area contributed by atoms with Gasteiger partial charge in [-0.2, -0.15) is 0 Å². The van der Waals surface area contributed by atoms with E-state index in [1.54, 1.807) is 12.1 Å². The van der Waals surface area contributed by atoms with Crippen LogP contribution in [-0.4, -0.2) is 9.97 Å². The fourth-order valence-corrected chi connectivity index (χ4v) is 3.74. The number of fused-ring (bicyclic) bond motifs is 1. The summed E-state index contributed by atoms with van der Waals surface area (Å²) in [4.78, 5) is 30.1. The van der Waals surface area contributed by atoms with Crippen molar-refractivity contribution in [3.63, 3.8) is 0 Å². The second-order valence-electron chi connectivity index (χ2n) is 4.50. The predicted molar refractivity (Wildman–Crippen MR) is 87.9 cm³/mol. The van der Waals surface area contributed by atoms with Crippen LogP contribution in [0.25, 0.3) is 21.3 Å². The molecule has 0 spiro atoms. The lowest BCUT2D eigenvalue weighted by atomic mass is 10.0. The van der Waals surface area contributed by atoms with Crippen molar-refractivity contribution in [2.45, 2.75) is 13.3 Å². The maximum atomic E-state index is 12.1. The minimum Gasteiger partial charge on any atom is -0.298 e. The summed E-state index contributed by atoms with van der Waals surface area (Å²) >= 11 is 13.4. The normalized spacial score (nSPS) is 11.2. The van der Waals surface area contributed by atoms with E-state index in [1.807, 2.05) is 13.0 Å². The molecule has 3 rings (SSSR count). The Morgan fingerprint density at radius 2 is 1.90 bits per heavy atom. The molecule has 0 saturated carbocycles. The third-order valence-electron chi connectivity index (χ3n) is 3.19. The molecule has 0 atom stereocenters. The van der Waals surface area contributed by atoms with Crippen molar-refractivity contribution in [1.82, 2.24) is 9.97 Å². The van der Waals surface area contributed by atoms with Gasteiger partial charge in [-0.25, -0.2) is 4.79 Å². The summed E-state index contributed by atoms with van der Waals surface area (Å²) in [6, 6.07) is 5.25. The van der Waals surface area contributed by atoms with E-state index in [4.69, 9.17) is 23.2 Å². The lowest BCUT2D eigenvalue weighted by molar-refractivity contribution is 1.09. The van der Waals surface area contributed by atoms with Crippen LogP contribution in [-0.2, 0) is 6.42 Å².